The molecule has 1 unspecified atom stereocenters. The highest BCUT2D eigenvalue weighted by molar-refractivity contribution is 7.99. The van der Waals surface area contributed by atoms with Crippen LogP contribution in [-0.4, -0.2) is 17.8 Å². The van der Waals surface area contributed by atoms with Crippen molar-refractivity contribution in [1.82, 2.24) is 0 Å². The lowest BCUT2D eigenvalue weighted by molar-refractivity contribution is 0.132. The van der Waals surface area contributed by atoms with E-state index in [4.69, 9.17) is 4.74 Å². The first kappa shape index (κ1) is 7.66. The van der Waals surface area contributed by atoms with E-state index in [2.05, 4.69) is 25.3 Å². The standard InChI is InChI=1S/C4H10OS2/c1-3(5-2)4(6)7/h3-4,6-7H,1-2H3. The number of rotatable bonds is 2. The van der Waals surface area contributed by atoms with Crippen LogP contribution >= 0.6 is 25.3 Å². The Bertz CT molecular complexity index is 47.0. The van der Waals surface area contributed by atoms with Crippen molar-refractivity contribution in [3.63, 3.8) is 0 Å². The van der Waals surface area contributed by atoms with Crippen LogP contribution in [0.5, 0.6) is 0 Å². The van der Waals surface area contributed by atoms with Crippen molar-refractivity contribution in [3.8, 4) is 0 Å². The van der Waals surface area contributed by atoms with Crippen molar-refractivity contribution in [2.24, 2.45) is 0 Å². The monoisotopic (exact) mass is 138 g/mol. The van der Waals surface area contributed by atoms with Gasteiger partial charge in [0.05, 0.1) is 10.7 Å². The molecule has 0 aromatic rings. The molecular formula is C4H10OS2. The second-order valence-corrected chi connectivity index (χ2v) is 2.87. The van der Waals surface area contributed by atoms with Gasteiger partial charge in [0.2, 0.25) is 0 Å². The molecule has 0 saturated heterocycles. The average Bonchev–Trinajstić information content (AvgIpc) is 1.65. The Balaban J connectivity index is 3.14. The summed E-state index contributed by atoms with van der Waals surface area (Å²) in [5.74, 6) is 0. The summed E-state index contributed by atoms with van der Waals surface area (Å²) in [6.07, 6.45) is 0.131. The minimum atomic E-state index is 0.0324. The molecular weight excluding hydrogens is 128 g/mol. The third-order valence-corrected chi connectivity index (χ3v) is 1.63. The molecule has 3 heteroatoms. The van der Waals surface area contributed by atoms with Gasteiger partial charge in [-0.05, 0) is 6.92 Å². The molecule has 7 heavy (non-hydrogen) atoms. The normalized spacial score (nSPS) is 15.0. The highest BCUT2D eigenvalue weighted by atomic mass is 32.2. The van der Waals surface area contributed by atoms with Crippen molar-refractivity contribution >= 4 is 25.3 Å². The molecule has 0 heterocycles. The van der Waals surface area contributed by atoms with E-state index in [-0.39, 0.29) is 10.7 Å². The van der Waals surface area contributed by atoms with Gasteiger partial charge in [-0.1, -0.05) is 0 Å². The molecule has 0 aliphatic carbocycles. The smallest absolute Gasteiger partial charge is 0.0748 e. The van der Waals surface area contributed by atoms with E-state index in [0.29, 0.717) is 0 Å². The quantitative estimate of drug-likeness (QED) is 0.431. The highest BCUT2D eigenvalue weighted by Crippen LogP contribution is 2.07. The van der Waals surface area contributed by atoms with Crippen LogP contribution in [-0.2, 0) is 4.74 Å². The van der Waals surface area contributed by atoms with E-state index in [1.165, 1.54) is 0 Å². The Morgan fingerprint density at radius 1 is 1.43 bits per heavy atom. The minimum absolute atomic E-state index is 0.0324. The first-order valence-corrected chi connectivity index (χ1v) is 3.10. The fourth-order valence-electron chi connectivity index (χ4n) is 0.122. The highest BCUT2D eigenvalue weighted by Gasteiger charge is 2.04. The Morgan fingerprint density at radius 3 is 1.86 bits per heavy atom. The molecule has 0 rings (SSSR count). The van der Waals surface area contributed by atoms with Gasteiger partial charge in [-0.2, -0.15) is 25.3 Å². The van der Waals surface area contributed by atoms with Crippen LogP contribution in [0, 0.1) is 0 Å². The van der Waals surface area contributed by atoms with Gasteiger partial charge >= 0.3 is 0 Å². The Labute approximate surface area is 55.3 Å². The van der Waals surface area contributed by atoms with Gasteiger partial charge in [0.15, 0.2) is 0 Å². The Morgan fingerprint density at radius 2 is 1.86 bits per heavy atom. The van der Waals surface area contributed by atoms with Crippen molar-refractivity contribution in [3.05, 3.63) is 0 Å². The molecule has 0 bridgehead atoms. The first-order chi connectivity index (χ1) is 3.18. The molecule has 0 N–H and O–H groups in total. The zero-order chi connectivity index (χ0) is 5.86. The molecule has 0 aliphatic rings. The molecule has 0 aromatic carbocycles. The summed E-state index contributed by atoms with van der Waals surface area (Å²) in [6, 6.07) is 0. The zero-order valence-electron chi connectivity index (χ0n) is 4.46. The molecule has 0 fully saturated rings. The van der Waals surface area contributed by atoms with E-state index in [9.17, 15) is 0 Å². The lowest BCUT2D eigenvalue weighted by atomic mass is 10.5. The van der Waals surface area contributed by atoms with Gasteiger partial charge in [0.1, 0.15) is 0 Å². The number of ether oxygens (including phenoxy) is 1. The summed E-state index contributed by atoms with van der Waals surface area (Å²) in [6.45, 7) is 1.92. The maximum absolute atomic E-state index is 4.86. The van der Waals surface area contributed by atoms with Gasteiger partial charge in [0, 0.05) is 7.11 Å². The molecule has 0 aliphatic heterocycles. The zero-order valence-corrected chi connectivity index (χ0v) is 6.25. The second-order valence-electron chi connectivity index (χ2n) is 1.35. The second kappa shape index (κ2) is 3.64. The molecule has 0 amide bonds. The lowest BCUT2D eigenvalue weighted by Crippen LogP contribution is -2.13. The van der Waals surface area contributed by atoms with Crippen molar-refractivity contribution in [2.45, 2.75) is 17.6 Å². The van der Waals surface area contributed by atoms with E-state index >= 15 is 0 Å². The van der Waals surface area contributed by atoms with Crippen molar-refractivity contribution in [2.75, 3.05) is 7.11 Å². The maximum atomic E-state index is 4.86. The van der Waals surface area contributed by atoms with Crippen LogP contribution in [0.15, 0.2) is 0 Å². The summed E-state index contributed by atoms with van der Waals surface area (Å²) in [5, 5.41) is 0. The number of thiol groups is 2. The molecule has 0 spiro atoms. The third kappa shape index (κ3) is 3.26. The average molecular weight is 138 g/mol. The largest absolute Gasteiger partial charge is 0.380 e. The molecule has 0 aromatic heterocycles. The summed E-state index contributed by atoms with van der Waals surface area (Å²) in [7, 11) is 1.64. The third-order valence-electron chi connectivity index (χ3n) is 0.792. The summed E-state index contributed by atoms with van der Waals surface area (Å²) in [4.78, 5) is 0. The summed E-state index contributed by atoms with van der Waals surface area (Å²) in [5.41, 5.74) is 0. The minimum Gasteiger partial charge on any atom is -0.380 e. The van der Waals surface area contributed by atoms with E-state index in [1.807, 2.05) is 6.92 Å². The van der Waals surface area contributed by atoms with Crippen LogP contribution in [0.4, 0.5) is 0 Å². The van der Waals surface area contributed by atoms with Crippen LogP contribution in [0.3, 0.4) is 0 Å². The van der Waals surface area contributed by atoms with Crippen LogP contribution < -0.4 is 0 Å². The predicted molar refractivity (Wildman–Crippen MR) is 38.2 cm³/mol. The fourth-order valence-corrected chi connectivity index (χ4v) is 0.365. The predicted octanol–water partition coefficient (Wildman–Crippen LogP) is 1.21. The molecule has 0 saturated carbocycles. The van der Waals surface area contributed by atoms with Gasteiger partial charge in [0.25, 0.3) is 0 Å². The maximum Gasteiger partial charge on any atom is 0.0748 e. The Hall–Kier alpha value is 0.660. The van der Waals surface area contributed by atoms with Gasteiger partial charge in [-0.25, -0.2) is 0 Å². The summed E-state index contributed by atoms with van der Waals surface area (Å²) >= 11 is 8.02. The van der Waals surface area contributed by atoms with Crippen LogP contribution in [0.2, 0.25) is 0 Å². The molecule has 1 nitrogen and oxygen atoms in total. The van der Waals surface area contributed by atoms with E-state index < -0.39 is 0 Å². The van der Waals surface area contributed by atoms with Crippen molar-refractivity contribution < 1.29 is 4.74 Å². The number of hydrogen-bond acceptors (Lipinski definition) is 3. The fraction of sp³-hybridized carbons (Fsp3) is 1.00. The SMILES string of the molecule is COC(C)C(S)S. The summed E-state index contributed by atoms with van der Waals surface area (Å²) < 4.78 is 4.89. The number of methoxy groups -OCH3 is 1. The van der Waals surface area contributed by atoms with Crippen molar-refractivity contribution in [1.29, 1.82) is 0 Å². The Kier molecular flexibility index (Phi) is 3.98. The van der Waals surface area contributed by atoms with Crippen LogP contribution in [0.25, 0.3) is 0 Å². The van der Waals surface area contributed by atoms with Crippen LogP contribution in [0.1, 0.15) is 6.92 Å². The van der Waals surface area contributed by atoms with E-state index in [1.54, 1.807) is 7.11 Å². The van der Waals surface area contributed by atoms with E-state index in [0.717, 1.165) is 0 Å². The number of hydrogen-bond donors (Lipinski definition) is 2. The van der Waals surface area contributed by atoms with Gasteiger partial charge in [-0.3, -0.25) is 0 Å². The van der Waals surface area contributed by atoms with Gasteiger partial charge < -0.3 is 4.74 Å². The lowest BCUT2D eigenvalue weighted by Gasteiger charge is -2.10. The van der Waals surface area contributed by atoms with Gasteiger partial charge in [-0.15, -0.1) is 0 Å². The molecule has 1 atom stereocenters. The topological polar surface area (TPSA) is 9.23 Å². The first-order valence-electron chi connectivity index (χ1n) is 2.07. The molecule has 0 radical (unpaired) electrons. The molecule has 44 valence electrons.